The topological polar surface area (TPSA) is 39.6 Å². The molecule has 0 saturated carbocycles. The molecule has 0 spiro atoms. The lowest BCUT2D eigenvalue weighted by Gasteiger charge is -2.30. The van der Waals surface area contributed by atoms with Crippen molar-refractivity contribution in [2.45, 2.75) is 25.4 Å². The first-order valence-corrected chi connectivity index (χ1v) is 6.72. The molecule has 2 heterocycles. The molecule has 0 aromatic carbocycles. The van der Waals surface area contributed by atoms with Gasteiger partial charge in [-0.25, -0.2) is 0 Å². The summed E-state index contributed by atoms with van der Waals surface area (Å²) in [6, 6.07) is 4.60. The fraction of sp³-hybridized carbons (Fsp3) is 0.643. The third-order valence-electron chi connectivity index (χ3n) is 3.62. The molecule has 2 rings (SSSR count). The highest BCUT2D eigenvalue weighted by Gasteiger charge is 2.22. The Bertz CT molecular complexity index is 344. The van der Waals surface area contributed by atoms with Gasteiger partial charge < -0.3 is 10.0 Å². The molecule has 0 amide bonds. The maximum absolute atomic E-state index is 9.23. The Morgan fingerprint density at radius 3 is 2.83 bits per heavy atom. The van der Waals surface area contributed by atoms with E-state index in [2.05, 4.69) is 34.0 Å². The summed E-state index contributed by atoms with van der Waals surface area (Å²) in [5.74, 6) is 0. The number of hydrogen-bond donors (Lipinski definition) is 1. The predicted octanol–water partition coefficient (Wildman–Crippen LogP) is 0.970. The van der Waals surface area contributed by atoms with Crippen LogP contribution in [-0.4, -0.2) is 59.2 Å². The van der Waals surface area contributed by atoms with Gasteiger partial charge in [0.1, 0.15) is 0 Å². The Hall–Kier alpha value is -0.970. The molecular weight excluding hydrogens is 226 g/mol. The molecule has 1 saturated heterocycles. The van der Waals surface area contributed by atoms with Crippen molar-refractivity contribution in [3.63, 3.8) is 0 Å². The van der Waals surface area contributed by atoms with E-state index < -0.39 is 0 Å². The molecule has 1 aromatic rings. The molecule has 1 N–H and O–H groups in total. The molecule has 0 bridgehead atoms. The summed E-state index contributed by atoms with van der Waals surface area (Å²) < 4.78 is 0. The first-order chi connectivity index (χ1) is 8.79. The van der Waals surface area contributed by atoms with E-state index in [1.807, 2.05) is 12.4 Å². The molecule has 1 atom stereocenters. The van der Waals surface area contributed by atoms with Gasteiger partial charge in [0.2, 0.25) is 0 Å². The van der Waals surface area contributed by atoms with Gasteiger partial charge in [-0.1, -0.05) is 0 Å². The van der Waals surface area contributed by atoms with Crippen molar-refractivity contribution in [2.24, 2.45) is 0 Å². The number of aliphatic hydroxyl groups excluding tert-OH is 1. The van der Waals surface area contributed by atoms with Crippen LogP contribution in [0.4, 0.5) is 0 Å². The maximum Gasteiger partial charge on any atom is 0.0446 e. The molecule has 1 fully saturated rings. The average Bonchev–Trinajstić information content (AvgIpc) is 2.54. The Morgan fingerprint density at radius 1 is 1.33 bits per heavy atom. The number of aliphatic hydroxyl groups is 1. The van der Waals surface area contributed by atoms with E-state index >= 15 is 0 Å². The molecule has 0 aliphatic carbocycles. The predicted molar refractivity (Wildman–Crippen MR) is 72.3 cm³/mol. The van der Waals surface area contributed by atoms with Gasteiger partial charge in [0.05, 0.1) is 0 Å². The van der Waals surface area contributed by atoms with Crippen LogP contribution in [0.25, 0.3) is 0 Å². The molecule has 1 unspecified atom stereocenters. The molecule has 1 aliphatic rings. The van der Waals surface area contributed by atoms with Gasteiger partial charge in [0.15, 0.2) is 0 Å². The van der Waals surface area contributed by atoms with Crippen LogP contribution < -0.4 is 0 Å². The minimum Gasteiger partial charge on any atom is -0.396 e. The zero-order valence-corrected chi connectivity index (χ0v) is 11.1. The second-order valence-electron chi connectivity index (χ2n) is 5.11. The minimum absolute atomic E-state index is 0.269. The Labute approximate surface area is 109 Å². The molecule has 4 heteroatoms. The summed E-state index contributed by atoms with van der Waals surface area (Å²) in [5, 5.41) is 9.23. The number of pyridine rings is 1. The number of rotatable bonds is 4. The van der Waals surface area contributed by atoms with Gasteiger partial charge in [-0.05, 0) is 44.1 Å². The quantitative estimate of drug-likeness (QED) is 0.863. The molecule has 18 heavy (non-hydrogen) atoms. The zero-order chi connectivity index (χ0) is 12.8. The molecule has 4 nitrogen and oxygen atoms in total. The van der Waals surface area contributed by atoms with Crippen molar-refractivity contribution in [3.8, 4) is 0 Å². The maximum atomic E-state index is 9.23. The van der Waals surface area contributed by atoms with Gasteiger partial charge >= 0.3 is 0 Å². The fourth-order valence-electron chi connectivity index (χ4n) is 2.65. The summed E-state index contributed by atoms with van der Waals surface area (Å²) >= 11 is 0. The first kappa shape index (κ1) is 13.5. The van der Waals surface area contributed by atoms with Crippen LogP contribution in [0.15, 0.2) is 24.5 Å². The second-order valence-corrected chi connectivity index (χ2v) is 5.11. The smallest absolute Gasteiger partial charge is 0.0446 e. The van der Waals surface area contributed by atoms with E-state index in [0.717, 1.165) is 32.6 Å². The average molecular weight is 249 g/mol. The Morgan fingerprint density at radius 2 is 2.11 bits per heavy atom. The summed E-state index contributed by atoms with van der Waals surface area (Å²) in [4.78, 5) is 8.92. The van der Waals surface area contributed by atoms with E-state index in [9.17, 15) is 5.11 Å². The minimum atomic E-state index is 0.269. The van der Waals surface area contributed by atoms with E-state index in [-0.39, 0.29) is 6.61 Å². The van der Waals surface area contributed by atoms with E-state index in [1.165, 1.54) is 12.0 Å². The number of likely N-dealkylation sites (N-methyl/N-ethyl adjacent to an activating group) is 1. The first-order valence-electron chi connectivity index (χ1n) is 6.72. The van der Waals surface area contributed by atoms with Crippen LogP contribution in [0.1, 0.15) is 18.4 Å². The van der Waals surface area contributed by atoms with Crippen LogP contribution >= 0.6 is 0 Å². The lowest BCUT2D eigenvalue weighted by atomic mass is 10.1. The molecule has 1 aliphatic heterocycles. The van der Waals surface area contributed by atoms with Crippen molar-refractivity contribution < 1.29 is 5.11 Å². The zero-order valence-electron chi connectivity index (χ0n) is 11.1. The van der Waals surface area contributed by atoms with E-state index in [4.69, 9.17) is 0 Å². The van der Waals surface area contributed by atoms with Crippen LogP contribution in [0.2, 0.25) is 0 Å². The SMILES string of the molecule is CN1CCCN(Cc2ccncc2)C(CCO)C1. The van der Waals surface area contributed by atoms with E-state index in [0.29, 0.717) is 6.04 Å². The van der Waals surface area contributed by atoms with Crippen molar-refractivity contribution in [1.29, 1.82) is 0 Å². The monoisotopic (exact) mass is 249 g/mol. The third-order valence-corrected chi connectivity index (χ3v) is 3.62. The van der Waals surface area contributed by atoms with Crippen molar-refractivity contribution in [3.05, 3.63) is 30.1 Å². The van der Waals surface area contributed by atoms with Crippen LogP contribution in [-0.2, 0) is 6.54 Å². The highest BCUT2D eigenvalue weighted by Crippen LogP contribution is 2.15. The van der Waals surface area contributed by atoms with Crippen molar-refractivity contribution in [2.75, 3.05) is 33.3 Å². The van der Waals surface area contributed by atoms with Crippen LogP contribution in [0.5, 0.6) is 0 Å². The Balaban J connectivity index is 2.02. The number of nitrogens with zero attached hydrogens (tertiary/aromatic N) is 3. The van der Waals surface area contributed by atoms with Crippen LogP contribution in [0.3, 0.4) is 0 Å². The van der Waals surface area contributed by atoms with Gasteiger partial charge in [0, 0.05) is 44.7 Å². The highest BCUT2D eigenvalue weighted by molar-refractivity contribution is 5.09. The third kappa shape index (κ3) is 3.77. The fourth-order valence-corrected chi connectivity index (χ4v) is 2.65. The molecule has 0 radical (unpaired) electrons. The van der Waals surface area contributed by atoms with Crippen molar-refractivity contribution in [1.82, 2.24) is 14.8 Å². The second kappa shape index (κ2) is 6.83. The summed E-state index contributed by atoms with van der Waals surface area (Å²) in [7, 11) is 2.17. The summed E-state index contributed by atoms with van der Waals surface area (Å²) in [6.45, 7) is 4.53. The lowest BCUT2D eigenvalue weighted by Crippen LogP contribution is -2.40. The van der Waals surface area contributed by atoms with E-state index in [1.54, 1.807) is 0 Å². The molecule has 100 valence electrons. The van der Waals surface area contributed by atoms with Crippen LogP contribution in [0, 0.1) is 0 Å². The van der Waals surface area contributed by atoms with Gasteiger partial charge in [-0.15, -0.1) is 0 Å². The summed E-state index contributed by atoms with van der Waals surface area (Å²) in [5.41, 5.74) is 1.30. The van der Waals surface area contributed by atoms with Gasteiger partial charge in [-0.2, -0.15) is 0 Å². The normalized spacial score (nSPS) is 22.9. The van der Waals surface area contributed by atoms with Crippen molar-refractivity contribution >= 4 is 0 Å². The lowest BCUT2D eigenvalue weighted by molar-refractivity contribution is 0.144. The summed E-state index contributed by atoms with van der Waals surface area (Å²) in [6.07, 6.45) is 5.75. The van der Waals surface area contributed by atoms with Gasteiger partial charge in [0.25, 0.3) is 0 Å². The van der Waals surface area contributed by atoms with Gasteiger partial charge in [-0.3, -0.25) is 9.88 Å². The standard InChI is InChI=1S/C14H23N3O/c1-16-8-2-9-17(14(12-16)5-10-18)11-13-3-6-15-7-4-13/h3-4,6-7,14,18H,2,5,8-12H2,1H3. The largest absolute Gasteiger partial charge is 0.396 e. The molecule has 1 aromatic heterocycles. The number of aromatic nitrogens is 1. The number of hydrogen-bond acceptors (Lipinski definition) is 4. The molecular formula is C14H23N3O. The highest BCUT2D eigenvalue weighted by atomic mass is 16.3. The Kier molecular flexibility index (Phi) is 5.11.